The zero-order valence-corrected chi connectivity index (χ0v) is 23.7. The molecule has 2 bridgehead atoms. The van der Waals surface area contributed by atoms with E-state index in [2.05, 4.69) is 0 Å². The minimum absolute atomic E-state index is 0.0415. The molecule has 3 fully saturated rings. The van der Waals surface area contributed by atoms with Crippen LogP contribution in [0.25, 0.3) is 0 Å². The highest BCUT2D eigenvalue weighted by atomic mass is 127. The highest BCUT2D eigenvalue weighted by Crippen LogP contribution is 2.59. The Morgan fingerprint density at radius 2 is 1.49 bits per heavy atom. The lowest BCUT2D eigenvalue weighted by Gasteiger charge is -2.30. The average molecular weight is 799 g/mol. The van der Waals surface area contributed by atoms with Crippen LogP contribution in [0.1, 0.15) is 16.8 Å². The van der Waals surface area contributed by atoms with E-state index in [1.807, 2.05) is 0 Å². The van der Waals surface area contributed by atoms with Gasteiger partial charge in [-0.15, -0.1) is 0 Å². The van der Waals surface area contributed by atoms with Crippen molar-refractivity contribution in [2.24, 2.45) is 23.7 Å². The summed E-state index contributed by atoms with van der Waals surface area (Å²) in [6.07, 6.45) is -2.51. The summed E-state index contributed by atoms with van der Waals surface area (Å²) < 4.78 is 119. The highest BCUT2D eigenvalue weighted by molar-refractivity contribution is 14.1. The van der Waals surface area contributed by atoms with Crippen LogP contribution in [0.15, 0.2) is 17.0 Å². The summed E-state index contributed by atoms with van der Waals surface area (Å²) in [5, 5.41) is 0. The molecule has 5 rings (SSSR count). The molecule has 39 heavy (non-hydrogen) atoms. The zero-order valence-electron chi connectivity index (χ0n) is 18.6. The molecule has 1 heterocycles. The standard InChI is InChI=1S/C22H11F5I2O9S/c23-12-11(13(24)15(26)16(27)14(12)25)22(32)38-18-5-3-6-10(21(31)37-17(6)18)9(5)20(30)36-4-1-7(28)19(8(29)2-4)39(33,34)35/h1-2,5-6,9-10,17-18H,3H2,(H,33,34,35)/p-1. The van der Waals surface area contributed by atoms with Crippen molar-refractivity contribution in [3.63, 3.8) is 0 Å². The SMILES string of the molecule is O=C(OC1C2CC3C1OC(=O)C3C2C(=O)Oc1cc(I)c(S(=O)(=O)[O-])c(I)c1)c1c(F)c(F)c(F)c(F)c1F. The number of ether oxygens (including phenoxy) is 3. The van der Waals surface area contributed by atoms with Crippen LogP contribution in [0.5, 0.6) is 5.75 Å². The molecule has 0 aromatic heterocycles. The van der Waals surface area contributed by atoms with Gasteiger partial charge in [0.2, 0.25) is 5.82 Å². The number of hydrogen-bond donors (Lipinski definition) is 0. The van der Waals surface area contributed by atoms with E-state index in [0.29, 0.717) is 0 Å². The summed E-state index contributed by atoms with van der Waals surface area (Å²) in [7, 11) is -4.84. The lowest BCUT2D eigenvalue weighted by Crippen LogP contribution is -2.44. The second kappa shape index (κ2) is 9.75. The van der Waals surface area contributed by atoms with Gasteiger partial charge in [-0.1, -0.05) is 0 Å². The number of benzene rings is 2. The summed E-state index contributed by atoms with van der Waals surface area (Å²) in [6.45, 7) is 0. The molecule has 2 saturated carbocycles. The van der Waals surface area contributed by atoms with Crippen LogP contribution in [-0.4, -0.2) is 43.1 Å². The quantitative estimate of drug-likeness (QED) is 0.0849. The van der Waals surface area contributed by atoms with Gasteiger partial charge >= 0.3 is 17.9 Å². The first-order valence-electron chi connectivity index (χ1n) is 10.7. The van der Waals surface area contributed by atoms with Crippen molar-refractivity contribution in [2.45, 2.75) is 23.5 Å². The number of esters is 3. The molecule has 2 aromatic rings. The molecule has 208 valence electrons. The zero-order chi connectivity index (χ0) is 28.7. The molecule has 6 atom stereocenters. The molecular formula is C22H10F5I2O9S-. The molecule has 2 aliphatic carbocycles. The third-order valence-electron chi connectivity index (χ3n) is 6.92. The molecule has 2 aromatic carbocycles. The highest BCUT2D eigenvalue weighted by Gasteiger charge is 2.70. The topological polar surface area (TPSA) is 136 Å². The Kier molecular flexibility index (Phi) is 7.10. The van der Waals surface area contributed by atoms with Crippen molar-refractivity contribution < 1.29 is 63.5 Å². The molecule has 0 spiro atoms. The second-order valence-corrected chi connectivity index (χ2v) is 12.6. The summed E-state index contributed by atoms with van der Waals surface area (Å²) in [4.78, 5) is 37.7. The fraction of sp³-hybridized carbons (Fsp3) is 0.318. The van der Waals surface area contributed by atoms with Crippen molar-refractivity contribution in [1.82, 2.24) is 0 Å². The molecule has 0 amide bonds. The molecular weight excluding hydrogens is 789 g/mol. The number of fused-ring (bicyclic) bond motifs is 1. The van der Waals surface area contributed by atoms with E-state index in [9.17, 15) is 49.3 Å². The summed E-state index contributed by atoms with van der Waals surface area (Å²) in [6, 6.07) is 2.21. The van der Waals surface area contributed by atoms with Crippen LogP contribution in [0.4, 0.5) is 22.0 Å². The maximum absolute atomic E-state index is 14.1. The Morgan fingerprint density at radius 1 is 0.949 bits per heavy atom. The van der Waals surface area contributed by atoms with E-state index in [4.69, 9.17) is 14.2 Å². The average Bonchev–Trinajstić information content (AvgIpc) is 3.44. The van der Waals surface area contributed by atoms with Gasteiger partial charge in [0, 0.05) is 19.0 Å². The summed E-state index contributed by atoms with van der Waals surface area (Å²) in [5.74, 6) is -19.9. The molecule has 17 heteroatoms. The van der Waals surface area contributed by atoms with Gasteiger partial charge in [0.15, 0.2) is 23.3 Å². The van der Waals surface area contributed by atoms with E-state index in [1.165, 1.54) is 0 Å². The smallest absolute Gasteiger partial charge is 0.344 e. The fourth-order valence-corrected chi connectivity index (χ4v) is 9.38. The summed E-state index contributed by atoms with van der Waals surface area (Å²) >= 11 is 3.12. The van der Waals surface area contributed by atoms with Gasteiger partial charge in [-0.25, -0.2) is 35.2 Å². The minimum Gasteiger partial charge on any atom is -0.744 e. The largest absolute Gasteiger partial charge is 0.744 e. The number of carbonyl (C=O) groups is 3. The van der Waals surface area contributed by atoms with Gasteiger partial charge in [0.05, 0.1) is 16.7 Å². The predicted molar refractivity (Wildman–Crippen MR) is 129 cm³/mol. The van der Waals surface area contributed by atoms with Crippen molar-refractivity contribution in [1.29, 1.82) is 0 Å². The Hall–Kier alpha value is -2.13. The second-order valence-electron chi connectivity index (χ2n) is 8.92. The fourth-order valence-electron chi connectivity index (χ4n) is 5.45. The van der Waals surface area contributed by atoms with Crippen LogP contribution < -0.4 is 4.74 Å². The van der Waals surface area contributed by atoms with E-state index in [0.717, 1.165) is 12.1 Å². The first-order valence-corrected chi connectivity index (χ1v) is 14.3. The van der Waals surface area contributed by atoms with Crippen LogP contribution in [0.3, 0.4) is 0 Å². The Labute approximate surface area is 242 Å². The maximum atomic E-state index is 14.1. The van der Waals surface area contributed by atoms with Crippen LogP contribution in [-0.2, 0) is 29.2 Å². The van der Waals surface area contributed by atoms with Gasteiger partial charge in [-0.2, -0.15) is 0 Å². The normalized spacial score (nSPS) is 27.0. The van der Waals surface area contributed by atoms with E-state index in [-0.39, 0.29) is 19.3 Å². The van der Waals surface area contributed by atoms with Crippen LogP contribution >= 0.6 is 45.2 Å². The predicted octanol–water partition coefficient (Wildman–Crippen LogP) is 3.43. The number of carbonyl (C=O) groups excluding carboxylic acids is 3. The monoisotopic (exact) mass is 799 g/mol. The minimum atomic E-state index is -4.84. The van der Waals surface area contributed by atoms with E-state index >= 15 is 0 Å². The third-order valence-corrected chi connectivity index (χ3v) is 10.3. The Bertz CT molecular complexity index is 1530. The molecule has 1 aliphatic heterocycles. The molecule has 0 N–H and O–H groups in total. The van der Waals surface area contributed by atoms with Gasteiger partial charge in [0.25, 0.3) is 0 Å². The third kappa shape index (κ3) is 4.48. The van der Waals surface area contributed by atoms with Crippen molar-refractivity contribution in [3.05, 3.63) is 53.9 Å². The number of rotatable bonds is 5. The molecule has 3 aliphatic rings. The maximum Gasteiger partial charge on any atom is 0.344 e. The molecule has 9 nitrogen and oxygen atoms in total. The number of halogens is 7. The van der Waals surface area contributed by atoms with Crippen molar-refractivity contribution >= 4 is 73.2 Å². The summed E-state index contributed by atoms with van der Waals surface area (Å²) in [5.41, 5.74) is -1.84. The Balaban J connectivity index is 1.42. The van der Waals surface area contributed by atoms with Crippen molar-refractivity contribution in [2.75, 3.05) is 0 Å². The van der Waals surface area contributed by atoms with Crippen LogP contribution in [0, 0.1) is 59.9 Å². The lowest BCUT2D eigenvalue weighted by atomic mass is 9.78. The molecule has 6 unspecified atom stereocenters. The van der Waals surface area contributed by atoms with Gasteiger partial charge < -0.3 is 18.8 Å². The Morgan fingerprint density at radius 3 is 2.03 bits per heavy atom. The molecule has 0 radical (unpaired) electrons. The lowest BCUT2D eigenvalue weighted by molar-refractivity contribution is -0.149. The first kappa shape index (κ1) is 28.4. The van der Waals surface area contributed by atoms with Crippen LogP contribution in [0.2, 0.25) is 0 Å². The van der Waals surface area contributed by atoms with Gasteiger partial charge in [-0.3, -0.25) is 9.59 Å². The first-order chi connectivity index (χ1) is 18.1. The number of hydrogen-bond acceptors (Lipinski definition) is 9. The van der Waals surface area contributed by atoms with E-state index in [1.54, 1.807) is 45.2 Å². The van der Waals surface area contributed by atoms with Gasteiger partial charge in [-0.05, 0) is 63.7 Å². The van der Waals surface area contributed by atoms with E-state index < -0.39 is 103 Å². The molecule has 1 saturated heterocycles. The van der Waals surface area contributed by atoms with Gasteiger partial charge in [0.1, 0.15) is 33.6 Å². The van der Waals surface area contributed by atoms with Crippen molar-refractivity contribution in [3.8, 4) is 5.75 Å².